The highest BCUT2D eigenvalue weighted by Gasteiger charge is 2.36. The summed E-state index contributed by atoms with van der Waals surface area (Å²) in [5.41, 5.74) is 0.716. The number of hydrogen-bond acceptors (Lipinski definition) is 5. The molecule has 1 N–H and O–H groups in total. The van der Waals surface area contributed by atoms with E-state index in [2.05, 4.69) is 15.3 Å². The molecule has 2 aromatic carbocycles. The lowest BCUT2D eigenvalue weighted by Gasteiger charge is -2.36. The summed E-state index contributed by atoms with van der Waals surface area (Å²) in [5, 5.41) is 3.41. The Balaban J connectivity index is 1.32. The number of anilines is 1. The first kappa shape index (κ1) is 25.2. The third-order valence-electron chi connectivity index (χ3n) is 7.34. The molecule has 0 radical (unpaired) electrons. The zero-order chi connectivity index (χ0) is 27.5. The van der Waals surface area contributed by atoms with Gasteiger partial charge in [0.2, 0.25) is 5.95 Å². The number of urea groups is 1. The lowest BCUT2D eigenvalue weighted by atomic mass is 10.1. The van der Waals surface area contributed by atoms with Crippen LogP contribution >= 0.6 is 11.6 Å². The number of fused-ring (bicyclic) bond motifs is 2. The molecule has 39 heavy (non-hydrogen) atoms. The van der Waals surface area contributed by atoms with Crippen LogP contribution in [0.5, 0.6) is 0 Å². The highest BCUT2D eigenvalue weighted by Crippen LogP contribution is 2.34. The normalized spacial score (nSPS) is 17.6. The van der Waals surface area contributed by atoms with E-state index in [1.807, 2.05) is 9.80 Å². The fourth-order valence-electron chi connectivity index (χ4n) is 5.29. The second kappa shape index (κ2) is 9.30. The molecule has 13 heteroatoms. The van der Waals surface area contributed by atoms with Crippen molar-refractivity contribution in [1.82, 2.24) is 29.5 Å². The average Bonchev–Trinajstić information content (AvgIpc) is 3.40. The molecule has 4 heterocycles. The molecule has 202 valence electrons. The first-order valence-corrected chi connectivity index (χ1v) is 12.6. The van der Waals surface area contributed by atoms with Gasteiger partial charge in [0.1, 0.15) is 0 Å². The largest absolute Gasteiger partial charge is 0.416 e. The van der Waals surface area contributed by atoms with Crippen molar-refractivity contribution in [2.24, 2.45) is 7.05 Å². The average molecular weight is 558 g/mol. The second-order valence-corrected chi connectivity index (χ2v) is 10.1. The number of amides is 2. The molecule has 1 unspecified atom stereocenters. The molecule has 2 fully saturated rings. The van der Waals surface area contributed by atoms with Gasteiger partial charge in [0.25, 0.3) is 5.56 Å². The van der Waals surface area contributed by atoms with Crippen molar-refractivity contribution in [3.8, 4) is 11.1 Å². The molecule has 2 aliphatic heterocycles. The lowest BCUT2D eigenvalue weighted by molar-refractivity contribution is -0.138. The van der Waals surface area contributed by atoms with Crippen LogP contribution in [0, 0.1) is 0 Å². The Morgan fingerprint density at radius 3 is 2.56 bits per heavy atom. The molecule has 2 aliphatic rings. The van der Waals surface area contributed by atoms with Crippen molar-refractivity contribution in [3.05, 3.63) is 75.3 Å². The summed E-state index contributed by atoms with van der Waals surface area (Å²) in [5.74, 6) is 0.552. The molecule has 2 saturated heterocycles. The third-order valence-corrected chi connectivity index (χ3v) is 7.58. The van der Waals surface area contributed by atoms with Gasteiger partial charge in [0.15, 0.2) is 0 Å². The Morgan fingerprint density at radius 1 is 1.05 bits per heavy atom. The summed E-state index contributed by atoms with van der Waals surface area (Å²) < 4.78 is 43.8. The maximum absolute atomic E-state index is 13.7. The first-order valence-electron chi connectivity index (χ1n) is 12.3. The van der Waals surface area contributed by atoms with E-state index in [1.165, 1.54) is 28.5 Å². The molecule has 0 bridgehead atoms. The third kappa shape index (κ3) is 4.48. The highest BCUT2D eigenvalue weighted by molar-refractivity contribution is 6.30. The quantitative estimate of drug-likeness (QED) is 0.413. The van der Waals surface area contributed by atoms with E-state index in [0.717, 1.165) is 6.07 Å². The summed E-state index contributed by atoms with van der Waals surface area (Å²) in [7, 11) is 1.52. The van der Waals surface area contributed by atoms with E-state index in [4.69, 9.17) is 11.6 Å². The van der Waals surface area contributed by atoms with Crippen molar-refractivity contribution >= 4 is 34.5 Å². The van der Waals surface area contributed by atoms with Crippen molar-refractivity contribution in [1.29, 1.82) is 0 Å². The van der Waals surface area contributed by atoms with Gasteiger partial charge < -0.3 is 15.1 Å². The van der Waals surface area contributed by atoms with Crippen LogP contribution in [0.4, 0.5) is 23.9 Å². The van der Waals surface area contributed by atoms with E-state index < -0.39 is 11.7 Å². The van der Waals surface area contributed by atoms with Crippen molar-refractivity contribution in [2.45, 2.75) is 18.8 Å². The summed E-state index contributed by atoms with van der Waals surface area (Å²) >= 11 is 6.02. The zero-order valence-electron chi connectivity index (χ0n) is 20.7. The Hall–Kier alpha value is -4.06. The van der Waals surface area contributed by atoms with E-state index in [-0.39, 0.29) is 34.8 Å². The van der Waals surface area contributed by atoms with E-state index in [9.17, 15) is 22.8 Å². The zero-order valence-corrected chi connectivity index (χ0v) is 21.5. The van der Waals surface area contributed by atoms with Gasteiger partial charge in [-0.25, -0.2) is 14.8 Å². The van der Waals surface area contributed by atoms with E-state index in [0.29, 0.717) is 54.2 Å². The number of piperazine rings is 1. The topological polar surface area (TPSA) is 88.3 Å². The minimum absolute atomic E-state index is 0.0418. The number of rotatable bonds is 4. The molecular weight excluding hydrogens is 535 g/mol. The minimum atomic E-state index is -4.57. The van der Waals surface area contributed by atoms with Gasteiger partial charge >= 0.3 is 12.2 Å². The Morgan fingerprint density at radius 2 is 1.82 bits per heavy atom. The van der Waals surface area contributed by atoms with Gasteiger partial charge in [-0.1, -0.05) is 17.7 Å². The van der Waals surface area contributed by atoms with Crippen molar-refractivity contribution < 1.29 is 18.0 Å². The van der Waals surface area contributed by atoms with Crippen LogP contribution in [0.3, 0.4) is 0 Å². The maximum atomic E-state index is 13.7. The number of aromatic nitrogens is 4. The number of benzene rings is 2. The molecule has 0 aliphatic carbocycles. The molecule has 9 nitrogen and oxygen atoms in total. The van der Waals surface area contributed by atoms with Crippen LogP contribution in [0.25, 0.3) is 22.0 Å². The van der Waals surface area contributed by atoms with Gasteiger partial charge in [-0.3, -0.25) is 14.2 Å². The monoisotopic (exact) mass is 557 g/mol. The summed E-state index contributed by atoms with van der Waals surface area (Å²) in [4.78, 5) is 37.7. The summed E-state index contributed by atoms with van der Waals surface area (Å²) in [6, 6.07) is 8.62. The number of carbonyl (C=O) groups is 1. The van der Waals surface area contributed by atoms with Crippen LogP contribution in [-0.4, -0.2) is 62.5 Å². The van der Waals surface area contributed by atoms with Crippen LogP contribution < -0.4 is 15.8 Å². The van der Waals surface area contributed by atoms with Crippen LogP contribution in [0.2, 0.25) is 5.02 Å². The lowest BCUT2D eigenvalue weighted by Crippen LogP contribution is -2.52. The molecule has 2 aromatic heterocycles. The number of hydrogen-bond donors (Lipinski definition) is 1. The first-order chi connectivity index (χ1) is 18.6. The predicted molar refractivity (Wildman–Crippen MR) is 140 cm³/mol. The van der Waals surface area contributed by atoms with Crippen LogP contribution in [0.15, 0.2) is 53.6 Å². The Bertz CT molecular complexity index is 1650. The Labute approximate surface area is 225 Å². The van der Waals surface area contributed by atoms with Crippen molar-refractivity contribution in [3.63, 3.8) is 0 Å². The number of halogens is 4. The smallest absolute Gasteiger partial charge is 0.337 e. The number of carbonyl (C=O) groups excluding carboxylic acids is 1. The molecular formula is C26H23ClF3N7O2. The molecule has 6 rings (SSSR count). The SMILES string of the molecule is Cn1c(=O)c2ccc(-c3cnc(N4CCN5C(=O)NCC5C4)nc3)cc2n1Cc1cc(Cl)ccc1C(F)(F)F. The molecule has 0 spiro atoms. The standard InChI is InChI=1S/C26H23ClF3N7O2/c1-34-23(38)20-4-2-15(9-22(20)37(34)13-16-8-18(27)3-5-21(16)26(28,29)30)17-10-31-24(32-11-17)35-6-7-36-19(14-35)12-33-25(36)39/h2-5,8-11,19H,6-7,12-14H2,1H3,(H,33,39). The van der Waals surface area contributed by atoms with Crippen LogP contribution in [-0.2, 0) is 19.8 Å². The number of nitrogens with one attached hydrogen (secondary N) is 1. The number of alkyl halides is 3. The van der Waals surface area contributed by atoms with Crippen molar-refractivity contribution in [2.75, 3.05) is 31.1 Å². The molecule has 1 atom stereocenters. The van der Waals surface area contributed by atoms with Gasteiger partial charge in [-0.05, 0) is 41.5 Å². The summed E-state index contributed by atoms with van der Waals surface area (Å²) in [6.45, 7) is 2.23. The molecule has 4 aromatic rings. The van der Waals surface area contributed by atoms with Gasteiger partial charge in [0, 0.05) is 56.2 Å². The van der Waals surface area contributed by atoms with E-state index >= 15 is 0 Å². The second-order valence-electron chi connectivity index (χ2n) is 9.67. The molecule has 0 saturated carbocycles. The fourth-order valence-corrected chi connectivity index (χ4v) is 5.49. The number of nitrogens with zero attached hydrogens (tertiary/aromatic N) is 6. The minimum Gasteiger partial charge on any atom is -0.337 e. The summed E-state index contributed by atoms with van der Waals surface area (Å²) in [6.07, 6.45) is -1.21. The van der Waals surface area contributed by atoms with E-state index in [1.54, 1.807) is 30.6 Å². The van der Waals surface area contributed by atoms with Crippen LogP contribution in [0.1, 0.15) is 11.1 Å². The van der Waals surface area contributed by atoms with Gasteiger partial charge in [0.05, 0.1) is 29.1 Å². The predicted octanol–water partition coefficient (Wildman–Crippen LogP) is 3.73. The molecule has 2 amide bonds. The fraction of sp³-hybridized carbons (Fsp3) is 0.308. The Kier molecular flexibility index (Phi) is 6.01. The maximum Gasteiger partial charge on any atom is 0.416 e. The van der Waals surface area contributed by atoms with Gasteiger partial charge in [-0.15, -0.1) is 0 Å². The highest BCUT2D eigenvalue weighted by atomic mass is 35.5. The van der Waals surface area contributed by atoms with Gasteiger partial charge in [-0.2, -0.15) is 13.2 Å².